The van der Waals surface area contributed by atoms with Crippen LogP contribution in [0.1, 0.15) is 33.6 Å². The Morgan fingerprint density at radius 2 is 2.12 bits per heavy atom. The van der Waals surface area contributed by atoms with Gasteiger partial charge in [-0.3, -0.25) is 0 Å². The Hall–Kier alpha value is -0.160. The molecular formula is C13H28N2O2. The van der Waals surface area contributed by atoms with Crippen LogP contribution in [0.25, 0.3) is 0 Å². The summed E-state index contributed by atoms with van der Waals surface area (Å²) in [5.74, 6) is 0. The van der Waals surface area contributed by atoms with Gasteiger partial charge in [-0.2, -0.15) is 0 Å². The number of rotatable bonds is 7. The average molecular weight is 244 g/mol. The van der Waals surface area contributed by atoms with E-state index in [1.54, 1.807) is 0 Å². The van der Waals surface area contributed by atoms with E-state index in [0.717, 1.165) is 39.1 Å². The molecule has 0 aromatic rings. The molecule has 0 aliphatic carbocycles. The molecule has 0 aromatic heterocycles. The van der Waals surface area contributed by atoms with Crippen molar-refractivity contribution in [3.63, 3.8) is 0 Å². The normalized spacial score (nSPS) is 27.4. The summed E-state index contributed by atoms with van der Waals surface area (Å²) >= 11 is 0. The fraction of sp³-hybridized carbons (Fsp3) is 1.00. The van der Waals surface area contributed by atoms with Crippen molar-refractivity contribution < 1.29 is 9.84 Å². The van der Waals surface area contributed by atoms with Crippen LogP contribution < -0.4 is 5.32 Å². The second-order valence-corrected chi connectivity index (χ2v) is 4.95. The van der Waals surface area contributed by atoms with Gasteiger partial charge in [0, 0.05) is 25.7 Å². The molecule has 1 rings (SSSR count). The van der Waals surface area contributed by atoms with E-state index < -0.39 is 0 Å². The summed E-state index contributed by atoms with van der Waals surface area (Å²) in [6.07, 6.45) is 2.19. The maximum absolute atomic E-state index is 9.94. The lowest BCUT2D eigenvalue weighted by Crippen LogP contribution is -2.44. The quantitative estimate of drug-likeness (QED) is 0.697. The van der Waals surface area contributed by atoms with E-state index in [1.165, 1.54) is 0 Å². The summed E-state index contributed by atoms with van der Waals surface area (Å²) in [6.45, 7) is 10.7. The molecule has 0 saturated carbocycles. The third-order valence-electron chi connectivity index (χ3n) is 3.49. The first-order valence-electron chi connectivity index (χ1n) is 6.91. The number of aliphatic hydroxyl groups is 1. The summed E-state index contributed by atoms with van der Waals surface area (Å²) in [4.78, 5) is 2.25. The Kier molecular flexibility index (Phi) is 7.04. The molecule has 1 aliphatic heterocycles. The Morgan fingerprint density at radius 1 is 1.41 bits per heavy atom. The summed E-state index contributed by atoms with van der Waals surface area (Å²) in [7, 11) is 0. The van der Waals surface area contributed by atoms with Crippen LogP contribution in [-0.2, 0) is 4.74 Å². The zero-order valence-electron chi connectivity index (χ0n) is 11.5. The van der Waals surface area contributed by atoms with Crippen molar-refractivity contribution in [2.75, 3.05) is 32.8 Å². The van der Waals surface area contributed by atoms with Crippen LogP contribution in [0.3, 0.4) is 0 Å². The van der Waals surface area contributed by atoms with E-state index in [0.29, 0.717) is 18.7 Å². The molecule has 1 aliphatic rings. The third kappa shape index (κ3) is 5.82. The van der Waals surface area contributed by atoms with Crippen LogP contribution in [0.5, 0.6) is 0 Å². The van der Waals surface area contributed by atoms with Gasteiger partial charge in [-0.15, -0.1) is 0 Å². The molecule has 3 unspecified atom stereocenters. The van der Waals surface area contributed by atoms with E-state index in [-0.39, 0.29) is 6.10 Å². The SMILES string of the molecule is CCN(CC)CC(O)CNC1CCOC(C)C1. The summed E-state index contributed by atoms with van der Waals surface area (Å²) in [5, 5.41) is 13.4. The number of aliphatic hydroxyl groups excluding tert-OH is 1. The number of likely N-dealkylation sites (N-methyl/N-ethyl adjacent to an activating group) is 1. The number of nitrogens with zero attached hydrogens (tertiary/aromatic N) is 1. The van der Waals surface area contributed by atoms with Gasteiger partial charge in [0.1, 0.15) is 0 Å². The molecule has 4 heteroatoms. The van der Waals surface area contributed by atoms with Crippen LogP contribution >= 0.6 is 0 Å². The average Bonchev–Trinajstić information content (AvgIpc) is 2.33. The lowest BCUT2D eigenvalue weighted by molar-refractivity contribution is 0.0101. The number of nitrogens with one attached hydrogen (secondary N) is 1. The fourth-order valence-electron chi connectivity index (χ4n) is 2.33. The summed E-state index contributed by atoms with van der Waals surface area (Å²) < 4.78 is 5.50. The Bertz CT molecular complexity index is 198. The minimum atomic E-state index is -0.270. The van der Waals surface area contributed by atoms with Crippen molar-refractivity contribution in [1.82, 2.24) is 10.2 Å². The van der Waals surface area contributed by atoms with Gasteiger partial charge in [-0.05, 0) is 32.9 Å². The highest BCUT2D eigenvalue weighted by Crippen LogP contribution is 2.12. The van der Waals surface area contributed by atoms with E-state index in [9.17, 15) is 5.11 Å². The molecule has 0 radical (unpaired) electrons. The molecule has 17 heavy (non-hydrogen) atoms. The molecule has 1 fully saturated rings. The highest BCUT2D eigenvalue weighted by atomic mass is 16.5. The minimum absolute atomic E-state index is 0.270. The van der Waals surface area contributed by atoms with Gasteiger partial charge in [0.05, 0.1) is 12.2 Å². The highest BCUT2D eigenvalue weighted by molar-refractivity contribution is 4.76. The molecule has 3 atom stereocenters. The van der Waals surface area contributed by atoms with Gasteiger partial charge < -0.3 is 20.1 Å². The topological polar surface area (TPSA) is 44.7 Å². The zero-order chi connectivity index (χ0) is 12.7. The van der Waals surface area contributed by atoms with Crippen molar-refractivity contribution in [3.05, 3.63) is 0 Å². The number of hydrogen-bond acceptors (Lipinski definition) is 4. The molecule has 0 aromatic carbocycles. The monoisotopic (exact) mass is 244 g/mol. The first-order chi connectivity index (χ1) is 8.15. The molecular weight excluding hydrogens is 216 g/mol. The van der Waals surface area contributed by atoms with E-state index in [2.05, 4.69) is 31.0 Å². The van der Waals surface area contributed by atoms with Crippen molar-refractivity contribution in [1.29, 1.82) is 0 Å². The van der Waals surface area contributed by atoms with E-state index >= 15 is 0 Å². The Morgan fingerprint density at radius 3 is 2.71 bits per heavy atom. The lowest BCUT2D eigenvalue weighted by Gasteiger charge is -2.29. The summed E-state index contributed by atoms with van der Waals surface area (Å²) in [5.41, 5.74) is 0. The van der Waals surface area contributed by atoms with Gasteiger partial charge >= 0.3 is 0 Å². The van der Waals surface area contributed by atoms with Crippen molar-refractivity contribution in [2.45, 2.75) is 51.9 Å². The Labute approximate surface area is 105 Å². The van der Waals surface area contributed by atoms with Crippen molar-refractivity contribution >= 4 is 0 Å². The van der Waals surface area contributed by atoms with E-state index in [1.807, 2.05) is 0 Å². The first kappa shape index (κ1) is 14.9. The molecule has 1 heterocycles. The maximum Gasteiger partial charge on any atom is 0.0791 e. The minimum Gasteiger partial charge on any atom is -0.390 e. The largest absolute Gasteiger partial charge is 0.390 e. The molecule has 0 amide bonds. The molecule has 0 spiro atoms. The van der Waals surface area contributed by atoms with Gasteiger partial charge in [0.2, 0.25) is 0 Å². The van der Waals surface area contributed by atoms with Gasteiger partial charge in [-0.25, -0.2) is 0 Å². The molecule has 1 saturated heterocycles. The van der Waals surface area contributed by atoms with Crippen LogP contribution in [-0.4, -0.2) is 61.0 Å². The first-order valence-corrected chi connectivity index (χ1v) is 6.91. The lowest BCUT2D eigenvalue weighted by atomic mass is 10.0. The maximum atomic E-state index is 9.94. The Balaban J connectivity index is 2.16. The molecule has 2 N–H and O–H groups in total. The number of ether oxygens (including phenoxy) is 1. The fourth-order valence-corrected chi connectivity index (χ4v) is 2.33. The third-order valence-corrected chi connectivity index (χ3v) is 3.49. The van der Waals surface area contributed by atoms with Crippen molar-refractivity contribution in [3.8, 4) is 0 Å². The second kappa shape index (κ2) is 8.03. The standard InChI is InChI=1S/C13H28N2O2/c1-4-15(5-2)10-13(16)9-14-12-6-7-17-11(3)8-12/h11-14,16H,4-10H2,1-3H3. The summed E-state index contributed by atoms with van der Waals surface area (Å²) in [6, 6.07) is 0.505. The molecule has 0 bridgehead atoms. The highest BCUT2D eigenvalue weighted by Gasteiger charge is 2.19. The molecule has 102 valence electrons. The molecule has 4 nitrogen and oxygen atoms in total. The van der Waals surface area contributed by atoms with Crippen molar-refractivity contribution in [2.24, 2.45) is 0 Å². The van der Waals surface area contributed by atoms with Gasteiger partial charge in [0.25, 0.3) is 0 Å². The van der Waals surface area contributed by atoms with Crippen LogP contribution in [0.15, 0.2) is 0 Å². The van der Waals surface area contributed by atoms with Crippen LogP contribution in [0.2, 0.25) is 0 Å². The van der Waals surface area contributed by atoms with E-state index in [4.69, 9.17) is 4.74 Å². The van der Waals surface area contributed by atoms with Crippen LogP contribution in [0.4, 0.5) is 0 Å². The predicted octanol–water partition coefficient (Wildman–Crippen LogP) is 0.846. The predicted molar refractivity (Wildman–Crippen MR) is 70.2 cm³/mol. The van der Waals surface area contributed by atoms with Crippen LogP contribution in [0, 0.1) is 0 Å². The number of hydrogen-bond donors (Lipinski definition) is 2. The van der Waals surface area contributed by atoms with Gasteiger partial charge in [-0.1, -0.05) is 13.8 Å². The van der Waals surface area contributed by atoms with Gasteiger partial charge in [0.15, 0.2) is 0 Å². The second-order valence-electron chi connectivity index (χ2n) is 4.95. The zero-order valence-corrected chi connectivity index (χ0v) is 11.5. The smallest absolute Gasteiger partial charge is 0.0791 e.